The molecule has 106 valence electrons. The van der Waals surface area contributed by atoms with Crippen molar-refractivity contribution in [2.45, 2.75) is 4.90 Å². The lowest BCUT2D eigenvalue weighted by Gasteiger charge is -2.09. The fraction of sp³-hybridized carbons (Fsp3) is 0.111. The van der Waals surface area contributed by atoms with E-state index in [1.807, 2.05) is 0 Å². The molecule has 0 unspecified atom stereocenters. The van der Waals surface area contributed by atoms with Gasteiger partial charge >= 0.3 is 0 Å². The predicted octanol–water partition coefficient (Wildman–Crippen LogP) is -0.216. The quantitative estimate of drug-likeness (QED) is 0.749. The Bertz CT molecular complexity index is 772. The van der Waals surface area contributed by atoms with E-state index >= 15 is 0 Å². The van der Waals surface area contributed by atoms with Crippen LogP contribution in [-0.2, 0) is 17.1 Å². The van der Waals surface area contributed by atoms with Crippen LogP contribution in [0.4, 0.5) is 10.3 Å². The van der Waals surface area contributed by atoms with Crippen LogP contribution in [0.15, 0.2) is 23.1 Å². The maximum absolute atomic E-state index is 13.7. The monoisotopic (exact) mass is 316 g/mol. The van der Waals surface area contributed by atoms with Crippen LogP contribution in [0.2, 0.25) is 0 Å². The largest absolute Gasteiger partial charge is 0.389 e. The minimum atomic E-state index is -4.13. The third kappa shape index (κ3) is 2.72. The smallest absolute Gasteiger partial charge is 0.277 e. The maximum atomic E-state index is 13.7. The number of halogens is 1. The molecule has 1 aromatic heterocycles. The zero-order chi connectivity index (χ0) is 14.9. The molecule has 0 saturated carbocycles. The van der Waals surface area contributed by atoms with Crippen LogP contribution in [0.5, 0.6) is 0 Å². The standard InChI is InChI=1S/C9H9FN6O2S2/c1-16-13-9(12-15-16)14-20(17,18)6-4-2-3-5(10)7(6)8(11)19/h2-4H,1H3,(H2,11,19)(H,13,14). The molecule has 3 N–H and O–H groups in total. The van der Waals surface area contributed by atoms with Gasteiger partial charge in [0.05, 0.1) is 12.6 Å². The van der Waals surface area contributed by atoms with Gasteiger partial charge in [-0.2, -0.15) is 4.80 Å². The first-order chi connectivity index (χ1) is 9.31. The van der Waals surface area contributed by atoms with E-state index in [-0.39, 0.29) is 16.5 Å². The molecule has 0 amide bonds. The molecule has 0 radical (unpaired) electrons. The van der Waals surface area contributed by atoms with Crippen LogP contribution in [0.25, 0.3) is 0 Å². The number of hydrogen-bond donors (Lipinski definition) is 2. The van der Waals surface area contributed by atoms with Gasteiger partial charge in [-0.25, -0.2) is 17.5 Å². The molecule has 0 aliphatic carbocycles. The highest BCUT2D eigenvalue weighted by molar-refractivity contribution is 7.93. The SMILES string of the molecule is Cn1nnc(NS(=O)(=O)c2cccc(F)c2C(N)=S)n1. The van der Waals surface area contributed by atoms with Crippen LogP contribution in [0, 0.1) is 5.82 Å². The molecule has 8 nitrogen and oxygen atoms in total. The number of hydrogen-bond acceptors (Lipinski definition) is 6. The lowest BCUT2D eigenvalue weighted by Crippen LogP contribution is -2.21. The molecule has 1 heterocycles. The van der Waals surface area contributed by atoms with Crippen LogP contribution in [0.1, 0.15) is 5.56 Å². The van der Waals surface area contributed by atoms with E-state index in [1.54, 1.807) is 0 Å². The van der Waals surface area contributed by atoms with Gasteiger partial charge in [-0.3, -0.25) is 0 Å². The zero-order valence-corrected chi connectivity index (χ0v) is 11.7. The molecule has 0 saturated heterocycles. The highest BCUT2D eigenvalue weighted by Crippen LogP contribution is 2.20. The summed E-state index contributed by atoms with van der Waals surface area (Å²) in [6, 6.07) is 3.47. The van der Waals surface area contributed by atoms with Crippen molar-refractivity contribution in [3.8, 4) is 0 Å². The molecule has 0 fully saturated rings. The van der Waals surface area contributed by atoms with Gasteiger partial charge in [-0.1, -0.05) is 23.4 Å². The van der Waals surface area contributed by atoms with Crippen molar-refractivity contribution in [3.63, 3.8) is 0 Å². The summed E-state index contributed by atoms with van der Waals surface area (Å²) in [5, 5.41) is 10.6. The second-order valence-corrected chi connectivity index (χ2v) is 5.78. The number of aromatic nitrogens is 4. The lowest BCUT2D eigenvalue weighted by molar-refractivity contribution is 0.594. The van der Waals surface area contributed by atoms with E-state index in [1.165, 1.54) is 19.2 Å². The molecule has 20 heavy (non-hydrogen) atoms. The van der Waals surface area contributed by atoms with Gasteiger partial charge in [0, 0.05) is 0 Å². The molecule has 0 aliphatic heterocycles. The van der Waals surface area contributed by atoms with Crippen molar-refractivity contribution < 1.29 is 12.8 Å². The molecule has 0 atom stereocenters. The Labute approximate surface area is 118 Å². The highest BCUT2D eigenvalue weighted by atomic mass is 32.2. The number of rotatable bonds is 4. The summed E-state index contributed by atoms with van der Waals surface area (Å²) in [5.74, 6) is -1.07. The first kappa shape index (κ1) is 14.3. The summed E-state index contributed by atoms with van der Waals surface area (Å²) < 4.78 is 40.1. The van der Waals surface area contributed by atoms with E-state index in [0.717, 1.165) is 10.9 Å². The number of nitrogens with one attached hydrogen (secondary N) is 1. The average Bonchev–Trinajstić information content (AvgIpc) is 2.73. The Kier molecular flexibility index (Phi) is 3.63. The molecule has 11 heteroatoms. The number of thiocarbonyl (C=S) groups is 1. The number of anilines is 1. The molecular formula is C9H9FN6O2S2. The fourth-order valence-corrected chi connectivity index (χ4v) is 2.91. The van der Waals surface area contributed by atoms with Gasteiger partial charge in [0.15, 0.2) is 0 Å². The molecule has 1 aromatic carbocycles. The van der Waals surface area contributed by atoms with Gasteiger partial charge < -0.3 is 5.73 Å². The van der Waals surface area contributed by atoms with Gasteiger partial charge in [0.1, 0.15) is 15.7 Å². The van der Waals surface area contributed by atoms with E-state index in [9.17, 15) is 12.8 Å². The van der Waals surface area contributed by atoms with Crippen molar-refractivity contribution in [1.29, 1.82) is 0 Å². The van der Waals surface area contributed by atoms with Crippen LogP contribution >= 0.6 is 12.2 Å². The molecule has 0 aliphatic rings. The maximum Gasteiger partial charge on any atom is 0.277 e. The van der Waals surface area contributed by atoms with Crippen LogP contribution < -0.4 is 10.5 Å². The highest BCUT2D eigenvalue weighted by Gasteiger charge is 2.24. The molecular weight excluding hydrogens is 307 g/mol. The fourth-order valence-electron chi connectivity index (χ4n) is 1.47. The first-order valence-electron chi connectivity index (χ1n) is 5.16. The zero-order valence-electron chi connectivity index (χ0n) is 10.1. The topological polar surface area (TPSA) is 116 Å². The van der Waals surface area contributed by atoms with Gasteiger partial charge in [0.2, 0.25) is 0 Å². The van der Waals surface area contributed by atoms with E-state index < -0.39 is 20.7 Å². The number of benzene rings is 1. The van der Waals surface area contributed by atoms with E-state index in [0.29, 0.717) is 0 Å². The minimum absolute atomic E-state index is 0.245. The second kappa shape index (κ2) is 5.09. The number of aryl methyl sites for hydroxylation is 1. The number of sulfonamides is 1. The second-order valence-electron chi connectivity index (χ2n) is 3.69. The van der Waals surface area contributed by atoms with Gasteiger partial charge in [0.25, 0.3) is 16.0 Å². The van der Waals surface area contributed by atoms with Crippen molar-refractivity contribution in [3.05, 3.63) is 29.6 Å². The Morgan fingerprint density at radius 3 is 2.75 bits per heavy atom. The summed E-state index contributed by atoms with van der Waals surface area (Å²) in [6.07, 6.45) is 0. The summed E-state index contributed by atoms with van der Waals surface area (Å²) in [5.41, 5.74) is 5.00. The van der Waals surface area contributed by atoms with Crippen molar-refractivity contribution in [2.24, 2.45) is 12.8 Å². The van der Waals surface area contributed by atoms with Gasteiger partial charge in [-0.05, 0) is 17.3 Å². The molecule has 0 spiro atoms. The summed E-state index contributed by atoms with van der Waals surface area (Å²) in [6.45, 7) is 0. The predicted molar refractivity (Wildman–Crippen MR) is 71.9 cm³/mol. The van der Waals surface area contributed by atoms with Gasteiger partial charge in [-0.15, -0.1) is 5.10 Å². The van der Waals surface area contributed by atoms with E-state index in [4.69, 9.17) is 5.73 Å². The van der Waals surface area contributed by atoms with Crippen molar-refractivity contribution in [1.82, 2.24) is 20.2 Å². The summed E-state index contributed by atoms with van der Waals surface area (Å²) >= 11 is 4.67. The Hall–Kier alpha value is -2.14. The lowest BCUT2D eigenvalue weighted by atomic mass is 10.2. The van der Waals surface area contributed by atoms with Crippen molar-refractivity contribution in [2.75, 3.05) is 4.72 Å². The Morgan fingerprint density at radius 1 is 1.50 bits per heavy atom. The van der Waals surface area contributed by atoms with E-state index in [2.05, 4.69) is 32.4 Å². The number of tetrazole rings is 1. The number of nitrogens with zero attached hydrogens (tertiary/aromatic N) is 4. The first-order valence-corrected chi connectivity index (χ1v) is 7.05. The summed E-state index contributed by atoms with van der Waals surface area (Å²) in [7, 11) is -2.67. The Balaban J connectivity index is 2.50. The third-order valence-corrected chi connectivity index (χ3v) is 3.82. The third-order valence-electron chi connectivity index (χ3n) is 2.25. The van der Waals surface area contributed by atoms with Crippen LogP contribution in [0.3, 0.4) is 0 Å². The van der Waals surface area contributed by atoms with Crippen molar-refractivity contribution >= 4 is 33.2 Å². The Morgan fingerprint density at radius 2 is 2.20 bits per heavy atom. The molecule has 2 rings (SSSR count). The summed E-state index contributed by atoms with van der Waals surface area (Å²) in [4.78, 5) is 0.311. The molecule has 2 aromatic rings. The van der Waals surface area contributed by atoms with Crippen LogP contribution in [-0.4, -0.2) is 33.6 Å². The number of nitrogens with two attached hydrogens (primary N) is 1. The minimum Gasteiger partial charge on any atom is -0.389 e. The average molecular weight is 316 g/mol. The molecule has 0 bridgehead atoms. The normalized spacial score (nSPS) is 11.3.